The number of hydrogen-bond acceptors (Lipinski definition) is 2. The summed E-state index contributed by atoms with van der Waals surface area (Å²) in [4.78, 5) is 12.3. The van der Waals surface area contributed by atoms with E-state index in [1.54, 1.807) is 22.9 Å². The summed E-state index contributed by atoms with van der Waals surface area (Å²) in [6.07, 6.45) is 4.13. The van der Waals surface area contributed by atoms with Crippen molar-refractivity contribution in [3.05, 3.63) is 82.9 Å². The van der Waals surface area contributed by atoms with E-state index in [0.717, 1.165) is 40.3 Å². The molecule has 2 aromatic carbocycles. The fourth-order valence-electron chi connectivity index (χ4n) is 3.01. The third-order valence-electron chi connectivity index (χ3n) is 4.48. The molecule has 1 aromatic heterocycles. The molecule has 5 heteroatoms. The monoisotopic (exact) mass is 363 g/mol. The highest BCUT2D eigenvalue weighted by Gasteiger charge is 2.11. The van der Waals surface area contributed by atoms with E-state index in [2.05, 4.69) is 17.3 Å². The number of para-hydroxylation sites is 1. The molecule has 0 unspecified atom stereocenters. The summed E-state index contributed by atoms with van der Waals surface area (Å²) < 4.78 is 14.9. The Bertz CT molecular complexity index is 987. The molecule has 1 N–H and O–H groups in total. The quantitative estimate of drug-likeness (QED) is 0.659. The van der Waals surface area contributed by atoms with E-state index in [1.807, 2.05) is 38.1 Å². The van der Waals surface area contributed by atoms with Gasteiger partial charge in [-0.3, -0.25) is 4.79 Å². The Morgan fingerprint density at radius 2 is 1.85 bits per heavy atom. The molecule has 0 saturated carbocycles. The Kier molecular flexibility index (Phi) is 5.50. The van der Waals surface area contributed by atoms with Crippen molar-refractivity contribution in [1.82, 2.24) is 9.78 Å². The second-order valence-corrected chi connectivity index (χ2v) is 6.31. The molecule has 138 valence electrons. The van der Waals surface area contributed by atoms with Crippen LogP contribution >= 0.6 is 0 Å². The van der Waals surface area contributed by atoms with Crippen molar-refractivity contribution in [1.29, 1.82) is 0 Å². The number of nitrogens with one attached hydrogen (secondary N) is 1. The zero-order valence-electron chi connectivity index (χ0n) is 15.7. The Hall–Kier alpha value is -3.21. The number of carbonyl (C=O) groups excluding carboxylic acids is 1. The van der Waals surface area contributed by atoms with Gasteiger partial charge in [-0.15, -0.1) is 0 Å². The van der Waals surface area contributed by atoms with Crippen molar-refractivity contribution in [3.8, 4) is 5.69 Å². The van der Waals surface area contributed by atoms with Crippen molar-refractivity contribution < 1.29 is 9.18 Å². The molecule has 0 fully saturated rings. The summed E-state index contributed by atoms with van der Waals surface area (Å²) in [7, 11) is 0. The highest BCUT2D eigenvalue weighted by atomic mass is 19.1. The van der Waals surface area contributed by atoms with Crippen molar-refractivity contribution in [2.75, 3.05) is 5.32 Å². The first-order valence-electron chi connectivity index (χ1n) is 8.88. The Morgan fingerprint density at radius 1 is 1.15 bits per heavy atom. The van der Waals surface area contributed by atoms with Gasteiger partial charge in [0, 0.05) is 23.0 Å². The van der Waals surface area contributed by atoms with Gasteiger partial charge in [0.1, 0.15) is 5.82 Å². The SMILES string of the molecule is CCc1ccccc1NC(=O)/C=C/c1c(C)nn(-c2ccc(F)cc2)c1C. The lowest BCUT2D eigenvalue weighted by Crippen LogP contribution is -2.09. The Balaban J connectivity index is 1.81. The molecule has 0 aliphatic heterocycles. The number of rotatable bonds is 5. The van der Waals surface area contributed by atoms with Gasteiger partial charge in [0.05, 0.1) is 11.4 Å². The molecule has 4 nitrogen and oxygen atoms in total. The lowest BCUT2D eigenvalue weighted by atomic mass is 10.1. The van der Waals surface area contributed by atoms with Crippen LogP contribution in [0.1, 0.15) is 29.4 Å². The normalized spacial score (nSPS) is 11.1. The number of amides is 1. The first-order chi connectivity index (χ1) is 13.0. The van der Waals surface area contributed by atoms with Crippen LogP contribution in [0.25, 0.3) is 11.8 Å². The van der Waals surface area contributed by atoms with Crippen molar-refractivity contribution in [2.24, 2.45) is 0 Å². The van der Waals surface area contributed by atoms with Crippen molar-refractivity contribution in [3.63, 3.8) is 0 Å². The number of nitrogens with zero attached hydrogens (tertiary/aromatic N) is 2. The molecule has 1 amide bonds. The van der Waals surface area contributed by atoms with Crippen LogP contribution < -0.4 is 5.32 Å². The van der Waals surface area contributed by atoms with E-state index in [1.165, 1.54) is 18.2 Å². The van der Waals surface area contributed by atoms with Crippen LogP contribution in [0.15, 0.2) is 54.6 Å². The highest BCUT2D eigenvalue weighted by molar-refractivity contribution is 6.02. The number of benzene rings is 2. The zero-order chi connectivity index (χ0) is 19.4. The van der Waals surface area contributed by atoms with Crippen LogP contribution in [0.2, 0.25) is 0 Å². The van der Waals surface area contributed by atoms with Gasteiger partial charge in [-0.05, 0) is 62.2 Å². The minimum absolute atomic E-state index is 0.191. The molecule has 0 aliphatic carbocycles. The first-order valence-corrected chi connectivity index (χ1v) is 8.88. The van der Waals surface area contributed by atoms with Crippen molar-refractivity contribution >= 4 is 17.7 Å². The predicted octanol–water partition coefficient (Wildman–Crippen LogP) is 4.84. The number of aromatic nitrogens is 2. The van der Waals surface area contributed by atoms with Gasteiger partial charge in [-0.1, -0.05) is 25.1 Å². The van der Waals surface area contributed by atoms with Crippen LogP contribution in [0.4, 0.5) is 10.1 Å². The van der Waals surface area contributed by atoms with E-state index < -0.39 is 0 Å². The summed E-state index contributed by atoms with van der Waals surface area (Å²) in [6, 6.07) is 13.9. The number of aryl methyl sites for hydroxylation is 2. The molecular formula is C22H22FN3O. The van der Waals surface area contributed by atoms with Crippen LogP contribution in [0.5, 0.6) is 0 Å². The zero-order valence-corrected chi connectivity index (χ0v) is 15.7. The number of carbonyl (C=O) groups is 1. The average molecular weight is 363 g/mol. The maximum absolute atomic E-state index is 13.1. The molecule has 0 radical (unpaired) electrons. The highest BCUT2D eigenvalue weighted by Crippen LogP contribution is 2.20. The number of anilines is 1. The van der Waals surface area contributed by atoms with E-state index in [0.29, 0.717) is 0 Å². The predicted molar refractivity (Wildman–Crippen MR) is 106 cm³/mol. The Labute approximate surface area is 158 Å². The second kappa shape index (κ2) is 7.99. The van der Waals surface area contributed by atoms with Crippen LogP contribution in [-0.2, 0) is 11.2 Å². The lowest BCUT2D eigenvalue weighted by Gasteiger charge is -2.07. The maximum Gasteiger partial charge on any atom is 0.248 e. The minimum Gasteiger partial charge on any atom is -0.322 e. The molecule has 0 spiro atoms. The van der Waals surface area contributed by atoms with Gasteiger partial charge in [0.25, 0.3) is 0 Å². The Morgan fingerprint density at radius 3 is 2.56 bits per heavy atom. The summed E-state index contributed by atoms with van der Waals surface area (Å²) >= 11 is 0. The third-order valence-corrected chi connectivity index (χ3v) is 4.48. The van der Waals surface area contributed by atoms with Gasteiger partial charge in [-0.25, -0.2) is 9.07 Å². The molecule has 3 aromatic rings. The van der Waals surface area contributed by atoms with Gasteiger partial charge in [0.2, 0.25) is 5.91 Å². The number of hydrogen-bond donors (Lipinski definition) is 1. The maximum atomic E-state index is 13.1. The van der Waals surface area contributed by atoms with Crippen molar-refractivity contribution in [2.45, 2.75) is 27.2 Å². The molecule has 0 aliphatic rings. The number of halogens is 1. The molecule has 3 rings (SSSR count). The fraction of sp³-hybridized carbons (Fsp3) is 0.182. The average Bonchev–Trinajstić information content (AvgIpc) is 2.95. The lowest BCUT2D eigenvalue weighted by molar-refractivity contribution is -0.111. The molecule has 27 heavy (non-hydrogen) atoms. The topological polar surface area (TPSA) is 46.9 Å². The summed E-state index contributed by atoms with van der Waals surface area (Å²) in [6.45, 7) is 5.86. The van der Waals surface area contributed by atoms with Gasteiger partial charge in [-0.2, -0.15) is 5.10 Å². The van der Waals surface area contributed by atoms with Crippen LogP contribution in [0, 0.1) is 19.7 Å². The molecular weight excluding hydrogens is 341 g/mol. The summed E-state index contributed by atoms with van der Waals surface area (Å²) in [5.74, 6) is -0.478. The summed E-state index contributed by atoms with van der Waals surface area (Å²) in [5.41, 5.74) is 5.25. The molecule has 1 heterocycles. The van der Waals surface area contributed by atoms with E-state index in [-0.39, 0.29) is 11.7 Å². The third kappa shape index (κ3) is 4.14. The van der Waals surface area contributed by atoms with Crippen LogP contribution in [-0.4, -0.2) is 15.7 Å². The van der Waals surface area contributed by atoms with Gasteiger partial charge in [0.15, 0.2) is 0 Å². The smallest absolute Gasteiger partial charge is 0.248 e. The van der Waals surface area contributed by atoms with Gasteiger partial charge < -0.3 is 5.32 Å². The van der Waals surface area contributed by atoms with Gasteiger partial charge >= 0.3 is 0 Å². The van der Waals surface area contributed by atoms with E-state index >= 15 is 0 Å². The fourth-order valence-corrected chi connectivity index (χ4v) is 3.01. The van der Waals surface area contributed by atoms with E-state index in [4.69, 9.17) is 0 Å². The summed E-state index contributed by atoms with van der Waals surface area (Å²) in [5, 5.41) is 7.43. The minimum atomic E-state index is -0.288. The van der Waals surface area contributed by atoms with Crippen LogP contribution in [0.3, 0.4) is 0 Å². The second-order valence-electron chi connectivity index (χ2n) is 6.31. The first kappa shape index (κ1) is 18.6. The standard InChI is InChI=1S/C22H22FN3O/c1-4-17-7-5-6-8-21(17)24-22(27)14-13-20-15(2)25-26(16(20)3)19-11-9-18(23)10-12-19/h5-14H,4H2,1-3H3,(H,24,27)/b14-13+. The molecule has 0 bridgehead atoms. The molecule has 0 saturated heterocycles. The van der Waals surface area contributed by atoms with E-state index in [9.17, 15) is 9.18 Å². The molecule has 0 atom stereocenters. The largest absolute Gasteiger partial charge is 0.322 e.